The van der Waals surface area contributed by atoms with Gasteiger partial charge in [0.2, 0.25) is 0 Å². The zero-order chi connectivity index (χ0) is 14.8. The Morgan fingerprint density at radius 3 is 2.80 bits per heavy atom. The molecule has 0 saturated heterocycles. The monoisotopic (exact) mass is 283 g/mol. The number of benzene rings is 1. The summed E-state index contributed by atoms with van der Waals surface area (Å²) in [5.41, 5.74) is 1.02. The van der Waals surface area contributed by atoms with Crippen LogP contribution in [-0.4, -0.2) is 43.1 Å². The van der Waals surface area contributed by atoms with E-state index >= 15 is 0 Å². The Hall–Kier alpha value is -1.79. The summed E-state index contributed by atoms with van der Waals surface area (Å²) in [6, 6.07) is 5.55. The SMILES string of the molecule is COc1cc(CNCCCC(=O)O)ccc1OCCO. The molecule has 0 fully saturated rings. The van der Waals surface area contributed by atoms with Crippen molar-refractivity contribution in [1.29, 1.82) is 0 Å². The van der Waals surface area contributed by atoms with Gasteiger partial charge in [0.25, 0.3) is 0 Å². The van der Waals surface area contributed by atoms with Crippen molar-refractivity contribution in [2.24, 2.45) is 0 Å². The minimum absolute atomic E-state index is 0.0456. The maximum Gasteiger partial charge on any atom is 0.303 e. The normalized spacial score (nSPS) is 10.3. The van der Waals surface area contributed by atoms with Crippen LogP contribution >= 0.6 is 0 Å². The zero-order valence-corrected chi connectivity index (χ0v) is 11.6. The molecule has 0 aliphatic heterocycles. The summed E-state index contributed by atoms with van der Waals surface area (Å²) in [7, 11) is 1.56. The fourth-order valence-electron chi connectivity index (χ4n) is 1.69. The van der Waals surface area contributed by atoms with E-state index in [0.29, 0.717) is 31.0 Å². The van der Waals surface area contributed by atoms with E-state index in [-0.39, 0.29) is 19.6 Å². The van der Waals surface area contributed by atoms with Crippen LogP contribution in [-0.2, 0) is 11.3 Å². The number of methoxy groups -OCH3 is 1. The Labute approximate surface area is 118 Å². The highest BCUT2D eigenvalue weighted by molar-refractivity contribution is 5.66. The Morgan fingerprint density at radius 2 is 2.15 bits per heavy atom. The molecular weight excluding hydrogens is 262 g/mol. The fraction of sp³-hybridized carbons (Fsp3) is 0.500. The molecular formula is C14H21NO5. The summed E-state index contributed by atoms with van der Waals surface area (Å²) in [6.07, 6.45) is 0.772. The average Bonchev–Trinajstić information content (AvgIpc) is 2.44. The van der Waals surface area contributed by atoms with Crippen molar-refractivity contribution in [3.63, 3.8) is 0 Å². The molecule has 0 amide bonds. The van der Waals surface area contributed by atoms with Crippen LogP contribution in [0.5, 0.6) is 11.5 Å². The van der Waals surface area contributed by atoms with E-state index in [1.807, 2.05) is 12.1 Å². The molecule has 0 radical (unpaired) electrons. The number of carboxylic acids is 1. The summed E-state index contributed by atoms with van der Waals surface area (Å²) >= 11 is 0. The maximum absolute atomic E-state index is 10.4. The van der Waals surface area contributed by atoms with Gasteiger partial charge in [-0.1, -0.05) is 6.07 Å². The summed E-state index contributed by atoms with van der Waals surface area (Å²) < 4.78 is 10.6. The van der Waals surface area contributed by atoms with Gasteiger partial charge >= 0.3 is 5.97 Å². The molecule has 0 aromatic heterocycles. The lowest BCUT2D eigenvalue weighted by atomic mass is 10.2. The van der Waals surface area contributed by atoms with Gasteiger partial charge < -0.3 is 25.0 Å². The number of hydrogen-bond donors (Lipinski definition) is 3. The molecule has 1 aromatic rings. The number of nitrogens with one attached hydrogen (secondary N) is 1. The second kappa shape index (κ2) is 9.17. The molecule has 0 heterocycles. The standard InChI is InChI=1S/C14H21NO5/c1-19-13-9-11(4-5-12(13)20-8-7-16)10-15-6-2-3-14(17)18/h4-5,9,15-16H,2-3,6-8,10H2,1H3,(H,17,18). The van der Waals surface area contributed by atoms with Gasteiger partial charge in [0, 0.05) is 13.0 Å². The minimum Gasteiger partial charge on any atom is -0.493 e. The van der Waals surface area contributed by atoms with E-state index in [2.05, 4.69) is 5.32 Å². The first-order valence-corrected chi connectivity index (χ1v) is 6.50. The number of rotatable bonds is 10. The van der Waals surface area contributed by atoms with Crippen LogP contribution in [0.15, 0.2) is 18.2 Å². The van der Waals surface area contributed by atoms with Crippen molar-refractivity contribution in [1.82, 2.24) is 5.32 Å². The largest absolute Gasteiger partial charge is 0.493 e. The summed E-state index contributed by atoms with van der Waals surface area (Å²) in [6.45, 7) is 1.47. The van der Waals surface area contributed by atoms with Crippen LogP contribution in [0.2, 0.25) is 0 Å². The van der Waals surface area contributed by atoms with Crippen molar-refractivity contribution < 1.29 is 24.5 Å². The number of carbonyl (C=O) groups is 1. The molecule has 0 atom stereocenters. The number of hydrogen-bond acceptors (Lipinski definition) is 5. The first-order chi connectivity index (χ1) is 9.67. The highest BCUT2D eigenvalue weighted by Gasteiger charge is 2.05. The molecule has 6 nitrogen and oxygen atoms in total. The predicted octanol–water partition coefficient (Wildman–Crippen LogP) is 1.02. The number of carboxylic acid groups (broad SMARTS) is 1. The zero-order valence-electron chi connectivity index (χ0n) is 11.6. The summed E-state index contributed by atoms with van der Waals surface area (Å²) in [5, 5.41) is 20.4. The number of aliphatic carboxylic acids is 1. The highest BCUT2D eigenvalue weighted by Crippen LogP contribution is 2.27. The topological polar surface area (TPSA) is 88.0 Å². The summed E-state index contributed by atoms with van der Waals surface area (Å²) in [5.74, 6) is 0.429. The van der Waals surface area contributed by atoms with E-state index in [9.17, 15) is 4.79 Å². The molecule has 3 N–H and O–H groups in total. The second-order valence-electron chi connectivity index (χ2n) is 4.23. The molecule has 0 unspecified atom stereocenters. The van der Waals surface area contributed by atoms with Gasteiger partial charge in [0.1, 0.15) is 6.61 Å². The van der Waals surface area contributed by atoms with E-state index in [1.54, 1.807) is 13.2 Å². The first-order valence-electron chi connectivity index (χ1n) is 6.50. The van der Waals surface area contributed by atoms with E-state index < -0.39 is 5.97 Å². The van der Waals surface area contributed by atoms with E-state index in [4.69, 9.17) is 19.7 Å². The van der Waals surface area contributed by atoms with E-state index in [1.165, 1.54) is 0 Å². The van der Waals surface area contributed by atoms with Gasteiger partial charge in [-0.3, -0.25) is 4.79 Å². The number of ether oxygens (including phenoxy) is 2. The van der Waals surface area contributed by atoms with Crippen LogP contribution in [0.3, 0.4) is 0 Å². The van der Waals surface area contributed by atoms with Crippen LogP contribution in [0, 0.1) is 0 Å². The number of aliphatic hydroxyl groups excluding tert-OH is 1. The third-order valence-corrected chi connectivity index (χ3v) is 2.65. The van der Waals surface area contributed by atoms with Gasteiger partial charge in [-0.05, 0) is 30.7 Å². The molecule has 0 bridgehead atoms. The molecule has 0 saturated carbocycles. The molecule has 1 rings (SSSR count). The lowest BCUT2D eigenvalue weighted by molar-refractivity contribution is -0.137. The molecule has 0 aliphatic rings. The fourth-order valence-corrected chi connectivity index (χ4v) is 1.69. The molecule has 20 heavy (non-hydrogen) atoms. The Balaban J connectivity index is 2.44. The Kier molecular flexibility index (Phi) is 7.46. The smallest absolute Gasteiger partial charge is 0.303 e. The highest BCUT2D eigenvalue weighted by atomic mass is 16.5. The third kappa shape index (κ3) is 5.90. The maximum atomic E-state index is 10.4. The van der Waals surface area contributed by atoms with Crippen molar-refractivity contribution in [3.8, 4) is 11.5 Å². The Bertz CT molecular complexity index is 422. The average molecular weight is 283 g/mol. The predicted molar refractivity (Wildman–Crippen MR) is 74.2 cm³/mol. The van der Waals surface area contributed by atoms with Crippen LogP contribution in [0.1, 0.15) is 18.4 Å². The molecule has 0 aliphatic carbocycles. The third-order valence-electron chi connectivity index (χ3n) is 2.65. The lowest BCUT2D eigenvalue weighted by Crippen LogP contribution is -2.15. The van der Waals surface area contributed by atoms with Crippen LogP contribution in [0.4, 0.5) is 0 Å². The molecule has 112 valence electrons. The second-order valence-corrected chi connectivity index (χ2v) is 4.23. The van der Waals surface area contributed by atoms with Gasteiger partial charge in [-0.15, -0.1) is 0 Å². The van der Waals surface area contributed by atoms with Crippen LogP contribution in [0.25, 0.3) is 0 Å². The lowest BCUT2D eigenvalue weighted by Gasteiger charge is -2.12. The molecule has 6 heteroatoms. The van der Waals surface area contributed by atoms with Crippen molar-refractivity contribution in [2.75, 3.05) is 26.9 Å². The van der Waals surface area contributed by atoms with E-state index in [0.717, 1.165) is 5.56 Å². The van der Waals surface area contributed by atoms with Gasteiger partial charge in [0.05, 0.1) is 13.7 Å². The molecule has 1 aromatic carbocycles. The van der Waals surface area contributed by atoms with Crippen molar-refractivity contribution >= 4 is 5.97 Å². The van der Waals surface area contributed by atoms with Crippen LogP contribution < -0.4 is 14.8 Å². The van der Waals surface area contributed by atoms with Crippen molar-refractivity contribution in [2.45, 2.75) is 19.4 Å². The Morgan fingerprint density at radius 1 is 1.35 bits per heavy atom. The van der Waals surface area contributed by atoms with Gasteiger partial charge in [-0.25, -0.2) is 0 Å². The minimum atomic E-state index is -0.779. The van der Waals surface area contributed by atoms with Gasteiger partial charge in [-0.2, -0.15) is 0 Å². The molecule has 0 spiro atoms. The van der Waals surface area contributed by atoms with Gasteiger partial charge in [0.15, 0.2) is 11.5 Å². The quantitative estimate of drug-likeness (QED) is 0.556. The first kappa shape index (κ1) is 16.3. The summed E-state index contributed by atoms with van der Waals surface area (Å²) in [4.78, 5) is 10.4. The van der Waals surface area contributed by atoms with Crippen molar-refractivity contribution in [3.05, 3.63) is 23.8 Å². The number of aliphatic hydroxyl groups is 1.